The van der Waals surface area contributed by atoms with Gasteiger partial charge < -0.3 is 11.1 Å². The lowest BCUT2D eigenvalue weighted by Crippen LogP contribution is -2.05. The lowest BCUT2D eigenvalue weighted by atomic mass is 10.2. The van der Waals surface area contributed by atoms with Gasteiger partial charge in [0.25, 0.3) is 0 Å². The number of nitrogen functional groups attached to an aromatic ring is 1. The standard InChI is InChI=1S/C10H14ClN3/c1-13-5-3-2-4-8-7-14-10(11)6-9(8)12/h2,4,6-7,13H,3,5H2,1H3,(H2,12,14). The van der Waals surface area contributed by atoms with E-state index >= 15 is 0 Å². The van der Waals surface area contributed by atoms with E-state index in [0.717, 1.165) is 18.5 Å². The summed E-state index contributed by atoms with van der Waals surface area (Å²) < 4.78 is 0. The molecule has 1 aromatic rings. The van der Waals surface area contributed by atoms with Crippen LogP contribution in [-0.2, 0) is 0 Å². The molecule has 0 aromatic carbocycles. The highest BCUT2D eigenvalue weighted by atomic mass is 35.5. The third-order valence-electron chi connectivity index (χ3n) is 1.79. The molecule has 0 aliphatic carbocycles. The number of hydrogen-bond donors (Lipinski definition) is 2. The molecule has 0 radical (unpaired) electrons. The number of nitrogens with two attached hydrogens (primary N) is 1. The van der Waals surface area contributed by atoms with Gasteiger partial charge in [-0.3, -0.25) is 0 Å². The van der Waals surface area contributed by atoms with E-state index in [-0.39, 0.29) is 0 Å². The summed E-state index contributed by atoms with van der Waals surface area (Å²) in [6.45, 7) is 0.956. The molecule has 0 bridgehead atoms. The molecule has 0 aliphatic heterocycles. The van der Waals surface area contributed by atoms with Crippen molar-refractivity contribution in [3.05, 3.63) is 29.1 Å². The van der Waals surface area contributed by atoms with Crippen LogP contribution in [0.4, 0.5) is 5.69 Å². The number of hydrogen-bond acceptors (Lipinski definition) is 3. The molecule has 0 amide bonds. The molecule has 3 nitrogen and oxygen atoms in total. The first-order valence-electron chi connectivity index (χ1n) is 4.46. The molecule has 3 N–H and O–H groups in total. The van der Waals surface area contributed by atoms with Crippen LogP contribution in [0.5, 0.6) is 0 Å². The monoisotopic (exact) mass is 211 g/mol. The van der Waals surface area contributed by atoms with Crippen LogP contribution in [0.1, 0.15) is 12.0 Å². The van der Waals surface area contributed by atoms with Crippen molar-refractivity contribution in [2.75, 3.05) is 19.3 Å². The van der Waals surface area contributed by atoms with Gasteiger partial charge in [0.15, 0.2) is 0 Å². The number of halogens is 1. The molecule has 0 aliphatic rings. The van der Waals surface area contributed by atoms with E-state index in [0.29, 0.717) is 10.8 Å². The fraction of sp³-hybridized carbons (Fsp3) is 0.300. The summed E-state index contributed by atoms with van der Waals surface area (Å²) in [6, 6.07) is 1.65. The van der Waals surface area contributed by atoms with Gasteiger partial charge >= 0.3 is 0 Å². The Kier molecular flexibility index (Phi) is 4.43. The van der Waals surface area contributed by atoms with E-state index < -0.39 is 0 Å². The Morgan fingerprint density at radius 3 is 3.07 bits per heavy atom. The van der Waals surface area contributed by atoms with Crippen LogP contribution >= 0.6 is 11.6 Å². The molecule has 0 atom stereocenters. The minimum atomic E-state index is 0.426. The molecule has 76 valence electrons. The van der Waals surface area contributed by atoms with Gasteiger partial charge in [0.1, 0.15) is 5.15 Å². The summed E-state index contributed by atoms with van der Waals surface area (Å²) in [5.41, 5.74) is 7.31. The molecule has 0 saturated carbocycles. The highest BCUT2D eigenvalue weighted by Gasteiger charge is 1.96. The number of pyridine rings is 1. The lowest BCUT2D eigenvalue weighted by molar-refractivity contribution is 0.809. The van der Waals surface area contributed by atoms with Gasteiger partial charge in [-0.05, 0) is 26.1 Å². The molecular formula is C10H14ClN3. The fourth-order valence-electron chi connectivity index (χ4n) is 1.03. The Labute approximate surface area is 89.0 Å². The highest BCUT2D eigenvalue weighted by molar-refractivity contribution is 6.29. The lowest BCUT2D eigenvalue weighted by Gasteiger charge is -1.99. The number of nitrogens with one attached hydrogen (secondary N) is 1. The molecule has 0 spiro atoms. The zero-order valence-corrected chi connectivity index (χ0v) is 8.88. The minimum absolute atomic E-state index is 0.426. The average Bonchev–Trinajstić information content (AvgIpc) is 2.15. The van der Waals surface area contributed by atoms with Gasteiger partial charge in [0, 0.05) is 17.4 Å². The van der Waals surface area contributed by atoms with Crippen LogP contribution in [0.2, 0.25) is 5.15 Å². The third-order valence-corrected chi connectivity index (χ3v) is 2.00. The molecule has 0 fully saturated rings. The van der Waals surface area contributed by atoms with Crippen molar-refractivity contribution in [3.8, 4) is 0 Å². The second-order valence-electron chi connectivity index (χ2n) is 2.93. The van der Waals surface area contributed by atoms with Gasteiger partial charge in [0.2, 0.25) is 0 Å². The first-order chi connectivity index (χ1) is 6.74. The topological polar surface area (TPSA) is 50.9 Å². The van der Waals surface area contributed by atoms with Crippen LogP contribution in [0.3, 0.4) is 0 Å². The van der Waals surface area contributed by atoms with Gasteiger partial charge in [0.05, 0.1) is 0 Å². The quantitative estimate of drug-likeness (QED) is 0.591. The summed E-state index contributed by atoms with van der Waals surface area (Å²) in [5.74, 6) is 0. The number of rotatable bonds is 4. The molecule has 1 rings (SSSR count). The van der Waals surface area contributed by atoms with Gasteiger partial charge in [-0.1, -0.05) is 23.8 Å². The van der Waals surface area contributed by atoms with E-state index in [1.807, 2.05) is 13.1 Å². The number of aromatic nitrogens is 1. The highest BCUT2D eigenvalue weighted by Crippen LogP contribution is 2.16. The van der Waals surface area contributed by atoms with E-state index in [4.69, 9.17) is 17.3 Å². The largest absolute Gasteiger partial charge is 0.398 e. The molecule has 14 heavy (non-hydrogen) atoms. The summed E-state index contributed by atoms with van der Waals surface area (Å²) in [7, 11) is 1.92. The zero-order chi connectivity index (χ0) is 10.4. The van der Waals surface area contributed by atoms with E-state index in [1.54, 1.807) is 12.3 Å². The minimum Gasteiger partial charge on any atom is -0.398 e. The van der Waals surface area contributed by atoms with Gasteiger partial charge in [-0.25, -0.2) is 4.98 Å². The molecule has 1 heterocycles. The number of anilines is 1. The summed E-state index contributed by atoms with van der Waals surface area (Å²) in [5, 5.41) is 3.48. The van der Waals surface area contributed by atoms with Crippen LogP contribution in [0.15, 0.2) is 18.3 Å². The first kappa shape index (κ1) is 11.0. The summed E-state index contributed by atoms with van der Waals surface area (Å²) in [4.78, 5) is 3.96. The van der Waals surface area contributed by atoms with Crippen molar-refractivity contribution in [2.45, 2.75) is 6.42 Å². The van der Waals surface area contributed by atoms with Crippen LogP contribution in [0, 0.1) is 0 Å². The predicted octanol–water partition coefficient (Wildman–Crippen LogP) is 1.94. The van der Waals surface area contributed by atoms with Crippen molar-refractivity contribution < 1.29 is 0 Å². The molecular weight excluding hydrogens is 198 g/mol. The second kappa shape index (κ2) is 5.62. The Hall–Kier alpha value is -1.06. The SMILES string of the molecule is CNCCC=Cc1cnc(Cl)cc1N. The van der Waals surface area contributed by atoms with Crippen LogP contribution in [0.25, 0.3) is 6.08 Å². The number of nitrogens with zero attached hydrogens (tertiary/aromatic N) is 1. The maximum absolute atomic E-state index is 5.74. The van der Waals surface area contributed by atoms with Crippen molar-refractivity contribution in [2.24, 2.45) is 0 Å². The molecule has 4 heteroatoms. The molecule has 0 unspecified atom stereocenters. The smallest absolute Gasteiger partial charge is 0.131 e. The fourth-order valence-corrected chi connectivity index (χ4v) is 1.20. The summed E-state index contributed by atoms with van der Waals surface area (Å²) in [6.07, 6.45) is 6.65. The van der Waals surface area contributed by atoms with Crippen molar-refractivity contribution in [1.82, 2.24) is 10.3 Å². The Morgan fingerprint density at radius 2 is 2.43 bits per heavy atom. The van der Waals surface area contributed by atoms with E-state index in [2.05, 4.69) is 16.4 Å². The van der Waals surface area contributed by atoms with E-state index in [1.165, 1.54) is 0 Å². The Bertz CT molecular complexity index is 323. The first-order valence-corrected chi connectivity index (χ1v) is 4.84. The third kappa shape index (κ3) is 3.36. The van der Waals surface area contributed by atoms with Crippen molar-refractivity contribution >= 4 is 23.4 Å². The summed E-state index contributed by atoms with van der Waals surface area (Å²) >= 11 is 5.68. The van der Waals surface area contributed by atoms with Gasteiger partial charge in [-0.15, -0.1) is 0 Å². The van der Waals surface area contributed by atoms with Crippen molar-refractivity contribution in [3.63, 3.8) is 0 Å². The van der Waals surface area contributed by atoms with E-state index in [9.17, 15) is 0 Å². The zero-order valence-electron chi connectivity index (χ0n) is 8.13. The maximum Gasteiger partial charge on any atom is 0.131 e. The maximum atomic E-state index is 5.74. The van der Waals surface area contributed by atoms with Crippen LogP contribution < -0.4 is 11.1 Å². The van der Waals surface area contributed by atoms with Crippen LogP contribution in [-0.4, -0.2) is 18.6 Å². The second-order valence-corrected chi connectivity index (χ2v) is 3.32. The predicted molar refractivity (Wildman–Crippen MR) is 61.2 cm³/mol. The Morgan fingerprint density at radius 1 is 1.64 bits per heavy atom. The van der Waals surface area contributed by atoms with Crippen molar-refractivity contribution in [1.29, 1.82) is 0 Å². The van der Waals surface area contributed by atoms with Gasteiger partial charge in [-0.2, -0.15) is 0 Å². The normalized spacial score (nSPS) is 11.0. The molecule has 0 saturated heterocycles. The Balaban J connectivity index is 2.62. The average molecular weight is 212 g/mol. The molecule has 1 aromatic heterocycles.